The maximum Gasteiger partial charge on any atom is 0.279 e. The molecule has 1 aliphatic rings. The summed E-state index contributed by atoms with van der Waals surface area (Å²) in [4.78, 5) is 0.204. The van der Waals surface area contributed by atoms with Gasteiger partial charge in [0.2, 0.25) is 0 Å². The predicted octanol–water partition coefficient (Wildman–Crippen LogP) is 6.39. The van der Waals surface area contributed by atoms with Gasteiger partial charge in [-0.2, -0.15) is 23.0 Å². The van der Waals surface area contributed by atoms with Crippen LogP contribution in [0, 0.1) is 6.92 Å². The van der Waals surface area contributed by atoms with Gasteiger partial charge >= 0.3 is 0 Å². The number of hydrogen-bond acceptors (Lipinski definition) is 4. The number of aromatic nitrogens is 2. The molecule has 188 valence electrons. The Morgan fingerprint density at radius 1 is 0.737 bits per heavy atom. The molecule has 0 saturated carbocycles. The van der Waals surface area contributed by atoms with Crippen molar-refractivity contribution < 1.29 is 8.42 Å². The van der Waals surface area contributed by atoms with Gasteiger partial charge in [0.25, 0.3) is 10.0 Å². The highest BCUT2D eigenvalue weighted by Gasteiger charge is 2.40. The third kappa shape index (κ3) is 4.41. The summed E-state index contributed by atoms with van der Waals surface area (Å²) in [5.41, 5.74) is 6.11. The van der Waals surface area contributed by atoms with Crippen LogP contribution >= 0.6 is 0 Å². The van der Waals surface area contributed by atoms with Gasteiger partial charge in [-0.3, -0.25) is 0 Å². The molecule has 4 aromatic carbocycles. The van der Waals surface area contributed by atoms with E-state index in [1.807, 2.05) is 103 Å². The summed E-state index contributed by atoms with van der Waals surface area (Å²) in [5.74, 6) is 0. The number of hydrogen-bond donors (Lipinski definition) is 0. The van der Waals surface area contributed by atoms with Crippen LogP contribution in [-0.2, 0) is 10.0 Å². The third-order valence-corrected chi connectivity index (χ3v) is 8.41. The van der Waals surface area contributed by atoms with E-state index < -0.39 is 16.1 Å². The Labute approximate surface area is 222 Å². The fourth-order valence-corrected chi connectivity index (χ4v) is 6.17. The fraction of sp³-hybridized carbons (Fsp3) is 0.0968. The molecule has 1 aromatic heterocycles. The van der Waals surface area contributed by atoms with E-state index in [-0.39, 0.29) is 4.90 Å². The Hall–Kier alpha value is -4.49. The second-order valence-corrected chi connectivity index (χ2v) is 11.1. The summed E-state index contributed by atoms with van der Waals surface area (Å²) in [6.07, 6.45) is 2.36. The van der Waals surface area contributed by atoms with Crippen molar-refractivity contribution >= 4 is 15.7 Å². The minimum Gasteiger partial charge on any atom is -0.240 e. The summed E-state index contributed by atoms with van der Waals surface area (Å²) in [6, 6.07) is 35.6. The summed E-state index contributed by atoms with van der Waals surface area (Å²) in [7, 11) is -3.93. The zero-order valence-corrected chi connectivity index (χ0v) is 21.7. The first-order valence-corrected chi connectivity index (χ1v) is 13.9. The second kappa shape index (κ2) is 9.76. The lowest BCUT2D eigenvalue weighted by Crippen LogP contribution is -2.27. The van der Waals surface area contributed by atoms with Crippen molar-refractivity contribution in [3.8, 4) is 16.9 Å². The molecule has 0 spiro atoms. The lowest BCUT2D eigenvalue weighted by molar-refractivity contribution is 0.372. The van der Waals surface area contributed by atoms with Gasteiger partial charge in [-0.1, -0.05) is 96.6 Å². The molecule has 1 atom stereocenters. The average Bonchev–Trinajstić information content (AvgIpc) is 3.61. The molecule has 1 aliphatic heterocycles. The first-order valence-electron chi connectivity index (χ1n) is 12.4. The Bertz CT molecular complexity index is 1700. The van der Waals surface area contributed by atoms with E-state index >= 15 is 0 Å². The molecule has 38 heavy (non-hydrogen) atoms. The smallest absolute Gasteiger partial charge is 0.240 e. The molecule has 1 unspecified atom stereocenters. The Kier molecular flexibility index (Phi) is 6.13. The maximum atomic E-state index is 14.0. The van der Waals surface area contributed by atoms with Crippen molar-refractivity contribution in [3.05, 3.63) is 138 Å². The van der Waals surface area contributed by atoms with Gasteiger partial charge in [-0.15, -0.1) is 0 Å². The van der Waals surface area contributed by atoms with Crippen LogP contribution in [0.15, 0.2) is 131 Å². The zero-order chi connectivity index (χ0) is 26.1. The van der Waals surface area contributed by atoms with Crippen LogP contribution in [0.2, 0.25) is 0 Å². The van der Waals surface area contributed by atoms with E-state index in [1.54, 1.807) is 30.3 Å². The average molecular weight is 519 g/mol. The number of aryl methyl sites for hydroxylation is 1. The molecule has 0 bridgehead atoms. The molecule has 6 nitrogen and oxygen atoms in total. The van der Waals surface area contributed by atoms with E-state index in [2.05, 4.69) is 0 Å². The number of nitrogens with zero attached hydrogens (tertiary/aromatic N) is 4. The van der Waals surface area contributed by atoms with E-state index in [4.69, 9.17) is 10.2 Å². The fourth-order valence-electron chi connectivity index (χ4n) is 4.73. The largest absolute Gasteiger partial charge is 0.279 e. The van der Waals surface area contributed by atoms with Crippen LogP contribution in [0.5, 0.6) is 0 Å². The highest BCUT2D eigenvalue weighted by Crippen LogP contribution is 2.41. The van der Waals surface area contributed by atoms with Crippen molar-refractivity contribution in [2.45, 2.75) is 24.3 Å². The van der Waals surface area contributed by atoms with Gasteiger partial charge < -0.3 is 0 Å². The van der Waals surface area contributed by atoms with Crippen molar-refractivity contribution in [1.29, 1.82) is 0 Å². The highest BCUT2D eigenvalue weighted by molar-refractivity contribution is 7.89. The lowest BCUT2D eigenvalue weighted by atomic mass is 9.97. The Balaban J connectivity index is 1.53. The van der Waals surface area contributed by atoms with E-state index in [9.17, 15) is 8.42 Å². The molecule has 0 saturated heterocycles. The molecule has 0 aliphatic carbocycles. The number of para-hydroxylation sites is 1. The molecular formula is C31H26N4O2S. The number of benzene rings is 4. The normalized spacial score (nSPS) is 15.4. The molecule has 0 radical (unpaired) electrons. The van der Waals surface area contributed by atoms with Crippen molar-refractivity contribution in [1.82, 2.24) is 14.2 Å². The third-order valence-electron chi connectivity index (χ3n) is 6.71. The first-order chi connectivity index (χ1) is 18.5. The monoisotopic (exact) mass is 518 g/mol. The summed E-state index contributed by atoms with van der Waals surface area (Å²) in [5, 5.41) is 9.68. The van der Waals surface area contributed by atoms with Crippen LogP contribution in [0.4, 0.5) is 0 Å². The quantitative estimate of drug-likeness (QED) is 0.262. The lowest BCUT2D eigenvalue weighted by Gasteiger charge is -2.23. The Morgan fingerprint density at radius 3 is 2.00 bits per heavy atom. The van der Waals surface area contributed by atoms with Gasteiger partial charge in [0, 0.05) is 23.7 Å². The zero-order valence-electron chi connectivity index (χ0n) is 20.8. The van der Waals surface area contributed by atoms with Gasteiger partial charge in [0.05, 0.1) is 28.0 Å². The number of rotatable bonds is 6. The Morgan fingerprint density at radius 2 is 1.34 bits per heavy atom. The summed E-state index contributed by atoms with van der Waals surface area (Å²) >= 11 is 0. The molecule has 0 fully saturated rings. The van der Waals surface area contributed by atoms with E-state index in [0.717, 1.165) is 39.3 Å². The number of hydrazone groups is 1. The van der Waals surface area contributed by atoms with Crippen LogP contribution in [-0.4, -0.2) is 28.3 Å². The summed E-state index contributed by atoms with van der Waals surface area (Å²) in [6.45, 7) is 2.04. The maximum absolute atomic E-state index is 14.0. The van der Waals surface area contributed by atoms with Gasteiger partial charge in [0.15, 0.2) is 0 Å². The molecule has 2 heterocycles. The van der Waals surface area contributed by atoms with Gasteiger partial charge in [-0.05, 0) is 36.8 Å². The topological polar surface area (TPSA) is 67.6 Å². The van der Waals surface area contributed by atoms with E-state index in [1.165, 1.54) is 4.41 Å². The highest BCUT2D eigenvalue weighted by atomic mass is 32.2. The molecule has 5 aromatic rings. The molecule has 6 rings (SSSR count). The molecular weight excluding hydrogens is 492 g/mol. The minimum atomic E-state index is -3.93. The van der Waals surface area contributed by atoms with Crippen LogP contribution in [0.25, 0.3) is 16.9 Å². The van der Waals surface area contributed by atoms with Crippen LogP contribution < -0.4 is 0 Å². The van der Waals surface area contributed by atoms with Crippen molar-refractivity contribution in [2.24, 2.45) is 5.10 Å². The first kappa shape index (κ1) is 23.9. The molecule has 7 heteroatoms. The predicted molar refractivity (Wildman–Crippen MR) is 150 cm³/mol. The van der Waals surface area contributed by atoms with Gasteiger partial charge in [-0.25, -0.2) is 4.68 Å². The van der Waals surface area contributed by atoms with Crippen molar-refractivity contribution in [3.63, 3.8) is 0 Å². The number of sulfonamides is 1. The summed E-state index contributed by atoms with van der Waals surface area (Å²) < 4.78 is 31.0. The van der Waals surface area contributed by atoms with Gasteiger partial charge in [0.1, 0.15) is 0 Å². The minimum absolute atomic E-state index is 0.204. The van der Waals surface area contributed by atoms with Crippen LogP contribution in [0.3, 0.4) is 0 Å². The van der Waals surface area contributed by atoms with Crippen LogP contribution in [0.1, 0.15) is 29.2 Å². The SMILES string of the molecule is Cc1ccc(-c2nn(-c3ccccc3)cc2C2CC(c3ccccc3)=NN2S(=O)(=O)c2ccccc2)cc1. The van der Waals surface area contributed by atoms with E-state index in [0.29, 0.717) is 6.42 Å². The molecule has 0 amide bonds. The van der Waals surface area contributed by atoms with Crippen molar-refractivity contribution in [2.75, 3.05) is 0 Å². The second-order valence-electron chi connectivity index (χ2n) is 9.30. The molecule has 0 N–H and O–H groups in total. The standard InChI is InChI=1S/C31H26N4O2S/c1-23-17-19-25(20-18-23)31-28(22-34(33-31)26-13-7-3-8-14-26)30-21-29(24-11-5-2-6-12-24)32-35(30)38(36,37)27-15-9-4-10-16-27/h2-20,22,30H,21H2,1H3.